The topological polar surface area (TPSA) is 16.1 Å². The monoisotopic (exact) mass is 256 g/mol. The van der Waals surface area contributed by atoms with E-state index in [1.807, 2.05) is 0 Å². The number of halogens is 1. The van der Waals surface area contributed by atoms with Crippen LogP contribution in [-0.2, 0) is 6.54 Å². The van der Waals surface area contributed by atoms with Crippen LogP contribution in [0.25, 0.3) is 11.3 Å². The minimum atomic E-state index is -0.268. The molecule has 0 unspecified atom stereocenters. The van der Waals surface area contributed by atoms with Gasteiger partial charge in [0.15, 0.2) is 0 Å². The summed E-state index contributed by atoms with van der Waals surface area (Å²) in [5.41, 5.74) is 5.52. The number of hydrogen-bond acceptors (Lipinski definition) is 2. The summed E-state index contributed by atoms with van der Waals surface area (Å²) in [6.45, 7) is 5.09. The van der Waals surface area contributed by atoms with Crippen molar-refractivity contribution in [3.05, 3.63) is 47.4 Å². The molecule has 0 saturated heterocycles. The molecular weight excluding hydrogens is 239 g/mol. The fourth-order valence-corrected chi connectivity index (χ4v) is 2.82. The number of nitrogens with zero attached hydrogens (tertiary/aromatic N) is 2. The lowest BCUT2D eigenvalue weighted by Crippen LogP contribution is -2.24. The molecule has 0 N–H and O–H groups in total. The van der Waals surface area contributed by atoms with Gasteiger partial charge in [0.05, 0.1) is 11.9 Å². The second-order valence-electron chi connectivity index (χ2n) is 5.42. The molecule has 1 aromatic carbocycles. The highest BCUT2D eigenvalue weighted by atomic mass is 19.1. The molecule has 1 aliphatic heterocycles. The second-order valence-corrected chi connectivity index (χ2v) is 5.42. The van der Waals surface area contributed by atoms with E-state index in [4.69, 9.17) is 0 Å². The summed E-state index contributed by atoms with van der Waals surface area (Å²) >= 11 is 0. The van der Waals surface area contributed by atoms with Crippen molar-refractivity contribution in [3.8, 4) is 11.3 Å². The van der Waals surface area contributed by atoms with Gasteiger partial charge in [0.25, 0.3) is 0 Å². The smallest absolute Gasteiger partial charge is 0.141 e. The average molecular weight is 256 g/mol. The maximum atomic E-state index is 13.3. The SMILES string of the molecule is CC(C)c1cccc2c1N(C)Cc1cc(F)cnc1-2. The van der Waals surface area contributed by atoms with Gasteiger partial charge in [0, 0.05) is 30.4 Å². The van der Waals surface area contributed by atoms with Crippen LogP contribution in [0.2, 0.25) is 0 Å². The molecule has 0 atom stereocenters. The van der Waals surface area contributed by atoms with Gasteiger partial charge in [-0.05, 0) is 17.5 Å². The molecule has 0 aliphatic carbocycles. The lowest BCUT2D eigenvalue weighted by Gasteiger charge is -2.32. The van der Waals surface area contributed by atoms with Gasteiger partial charge in [-0.25, -0.2) is 4.39 Å². The molecule has 3 heteroatoms. The zero-order valence-corrected chi connectivity index (χ0v) is 11.4. The van der Waals surface area contributed by atoms with E-state index < -0.39 is 0 Å². The normalized spacial score (nSPS) is 13.4. The van der Waals surface area contributed by atoms with Crippen molar-refractivity contribution in [2.45, 2.75) is 26.3 Å². The Kier molecular flexibility index (Phi) is 2.77. The van der Waals surface area contributed by atoms with Gasteiger partial charge >= 0.3 is 0 Å². The van der Waals surface area contributed by atoms with Crippen molar-refractivity contribution >= 4 is 5.69 Å². The molecule has 98 valence electrons. The van der Waals surface area contributed by atoms with E-state index >= 15 is 0 Å². The average Bonchev–Trinajstić information content (AvgIpc) is 2.37. The van der Waals surface area contributed by atoms with Crippen LogP contribution in [0, 0.1) is 5.82 Å². The largest absolute Gasteiger partial charge is 0.369 e. The quantitative estimate of drug-likeness (QED) is 0.767. The molecule has 0 saturated carbocycles. The molecule has 0 spiro atoms. The molecule has 19 heavy (non-hydrogen) atoms. The van der Waals surface area contributed by atoms with Crippen molar-refractivity contribution < 1.29 is 4.39 Å². The first-order valence-corrected chi connectivity index (χ1v) is 6.56. The van der Waals surface area contributed by atoms with Crippen molar-refractivity contribution in [2.75, 3.05) is 11.9 Å². The minimum Gasteiger partial charge on any atom is -0.369 e. The van der Waals surface area contributed by atoms with Crippen LogP contribution in [0.15, 0.2) is 30.5 Å². The van der Waals surface area contributed by atoms with Crippen LogP contribution in [0.1, 0.15) is 30.9 Å². The molecule has 2 aromatic rings. The van der Waals surface area contributed by atoms with Gasteiger partial charge in [-0.15, -0.1) is 0 Å². The Bertz CT molecular complexity index is 635. The Morgan fingerprint density at radius 2 is 2.11 bits per heavy atom. The predicted molar refractivity (Wildman–Crippen MR) is 75.8 cm³/mol. The van der Waals surface area contributed by atoms with Crippen molar-refractivity contribution in [2.24, 2.45) is 0 Å². The Hall–Kier alpha value is -1.90. The van der Waals surface area contributed by atoms with E-state index in [1.165, 1.54) is 17.4 Å². The van der Waals surface area contributed by atoms with Gasteiger partial charge in [0.2, 0.25) is 0 Å². The fourth-order valence-electron chi connectivity index (χ4n) is 2.82. The second kappa shape index (κ2) is 4.34. The summed E-state index contributed by atoms with van der Waals surface area (Å²) in [7, 11) is 2.05. The van der Waals surface area contributed by atoms with E-state index in [-0.39, 0.29) is 5.82 Å². The van der Waals surface area contributed by atoms with Crippen LogP contribution in [0.5, 0.6) is 0 Å². The Morgan fingerprint density at radius 3 is 2.84 bits per heavy atom. The zero-order chi connectivity index (χ0) is 13.6. The third kappa shape index (κ3) is 1.89. The van der Waals surface area contributed by atoms with Gasteiger partial charge in [0.1, 0.15) is 5.82 Å². The summed E-state index contributed by atoms with van der Waals surface area (Å²) < 4.78 is 13.3. The molecular formula is C16H17FN2. The summed E-state index contributed by atoms with van der Waals surface area (Å²) in [6, 6.07) is 7.88. The van der Waals surface area contributed by atoms with Crippen LogP contribution in [0.4, 0.5) is 10.1 Å². The predicted octanol–water partition coefficient (Wildman–Crippen LogP) is 3.96. The maximum absolute atomic E-state index is 13.3. The summed E-state index contributed by atoms with van der Waals surface area (Å²) in [4.78, 5) is 6.48. The summed E-state index contributed by atoms with van der Waals surface area (Å²) in [5, 5.41) is 0. The first kappa shape index (κ1) is 12.2. The van der Waals surface area contributed by atoms with Crippen LogP contribution < -0.4 is 4.90 Å². The van der Waals surface area contributed by atoms with E-state index in [0.717, 1.165) is 16.8 Å². The van der Waals surface area contributed by atoms with Crippen molar-refractivity contribution in [1.29, 1.82) is 0 Å². The van der Waals surface area contributed by atoms with Crippen molar-refractivity contribution in [3.63, 3.8) is 0 Å². The number of aromatic nitrogens is 1. The van der Waals surface area contributed by atoms with E-state index in [9.17, 15) is 4.39 Å². The van der Waals surface area contributed by atoms with Gasteiger partial charge < -0.3 is 4.90 Å². The number of anilines is 1. The molecule has 3 rings (SSSR count). The van der Waals surface area contributed by atoms with E-state index in [2.05, 4.69) is 49.0 Å². The summed E-state index contributed by atoms with van der Waals surface area (Å²) in [6.07, 6.45) is 1.30. The standard InChI is InChI=1S/C16H17FN2/c1-10(2)13-5-4-6-14-15-11(7-12(17)8-18-15)9-19(3)16(13)14/h4-8,10H,9H2,1-3H3. The van der Waals surface area contributed by atoms with Crippen LogP contribution in [-0.4, -0.2) is 12.0 Å². The number of rotatable bonds is 1. The zero-order valence-electron chi connectivity index (χ0n) is 11.4. The molecule has 1 aliphatic rings. The lowest BCUT2D eigenvalue weighted by molar-refractivity contribution is 0.618. The third-order valence-corrected chi connectivity index (χ3v) is 3.67. The van der Waals surface area contributed by atoms with Crippen LogP contribution in [0.3, 0.4) is 0 Å². The Balaban J connectivity index is 2.27. The number of hydrogen-bond donors (Lipinski definition) is 0. The van der Waals surface area contributed by atoms with Gasteiger partial charge in [-0.3, -0.25) is 4.98 Å². The maximum Gasteiger partial charge on any atom is 0.141 e. The van der Waals surface area contributed by atoms with E-state index in [0.29, 0.717) is 12.5 Å². The Labute approximate surface area is 112 Å². The minimum absolute atomic E-state index is 0.268. The molecule has 0 fully saturated rings. The number of fused-ring (bicyclic) bond motifs is 3. The first-order chi connectivity index (χ1) is 9.08. The van der Waals surface area contributed by atoms with Crippen molar-refractivity contribution in [1.82, 2.24) is 4.98 Å². The number of pyridine rings is 1. The van der Waals surface area contributed by atoms with E-state index in [1.54, 1.807) is 6.07 Å². The Morgan fingerprint density at radius 1 is 1.32 bits per heavy atom. The molecule has 0 radical (unpaired) electrons. The number of para-hydroxylation sites is 1. The summed E-state index contributed by atoms with van der Waals surface area (Å²) in [5.74, 6) is 0.190. The van der Waals surface area contributed by atoms with Gasteiger partial charge in [-0.2, -0.15) is 0 Å². The molecule has 2 nitrogen and oxygen atoms in total. The fraction of sp³-hybridized carbons (Fsp3) is 0.312. The third-order valence-electron chi connectivity index (χ3n) is 3.67. The highest BCUT2D eigenvalue weighted by Crippen LogP contribution is 2.41. The van der Waals surface area contributed by atoms with Gasteiger partial charge in [-0.1, -0.05) is 32.0 Å². The highest BCUT2D eigenvalue weighted by molar-refractivity contribution is 5.83. The highest BCUT2D eigenvalue weighted by Gasteiger charge is 2.24. The molecule has 2 heterocycles. The number of benzene rings is 1. The van der Waals surface area contributed by atoms with Crippen LogP contribution >= 0.6 is 0 Å². The molecule has 0 bridgehead atoms. The first-order valence-electron chi connectivity index (χ1n) is 6.56. The molecule has 0 amide bonds. The lowest BCUT2D eigenvalue weighted by atomic mass is 9.91. The molecule has 1 aromatic heterocycles.